The van der Waals surface area contributed by atoms with Gasteiger partial charge < -0.3 is 9.72 Å². The third kappa shape index (κ3) is 2.07. The third-order valence-corrected chi connectivity index (χ3v) is 3.52. The summed E-state index contributed by atoms with van der Waals surface area (Å²) in [6.45, 7) is 4.98. The minimum absolute atomic E-state index is 0.377. The van der Waals surface area contributed by atoms with Crippen LogP contribution in [0, 0.1) is 6.92 Å². The van der Waals surface area contributed by atoms with Crippen LogP contribution in [0.2, 0.25) is 0 Å². The first-order valence-electron chi connectivity index (χ1n) is 6.32. The van der Waals surface area contributed by atoms with Crippen LogP contribution in [0.5, 0.6) is 0 Å². The SMILES string of the molecule is Cc1nc2cc3c(cc2[nH]1)CCC(C)OCC3. The molecule has 1 unspecified atom stereocenters. The van der Waals surface area contributed by atoms with Crippen molar-refractivity contribution >= 4 is 11.0 Å². The topological polar surface area (TPSA) is 37.9 Å². The van der Waals surface area contributed by atoms with E-state index in [0.29, 0.717) is 6.10 Å². The van der Waals surface area contributed by atoms with Gasteiger partial charge in [-0.1, -0.05) is 0 Å². The zero-order chi connectivity index (χ0) is 11.8. The Morgan fingerprint density at radius 1 is 1.29 bits per heavy atom. The highest BCUT2D eigenvalue weighted by Crippen LogP contribution is 2.23. The number of hydrogen-bond donors (Lipinski definition) is 1. The van der Waals surface area contributed by atoms with Crippen molar-refractivity contribution < 1.29 is 4.74 Å². The van der Waals surface area contributed by atoms with E-state index in [1.165, 1.54) is 11.1 Å². The van der Waals surface area contributed by atoms with E-state index in [2.05, 4.69) is 29.0 Å². The van der Waals surface area contributed by atoms with Gasteiger partial charge >= 0.3 is 0 Å². The van der Waals surface area contributed by atoms with Crippen LogP contribution in [0.15, 0.2) is 12.1 Å². The molecule has 90 valence electrons. The van der Waals surface area contributed by atoms with E-state index in [4.69, 9.17) is 4.74 Å². The molecule has 0 spiro atoms. The molecule has 3 heteroatoms. The molecule has 0 saturated carbocycles. The summed E-state index contributed by atoms with van der Waals surface area (Å²) in [6, 6.07) is 4.48. The first-order valence-corrected chi connectivity index (χ1v) is 6.32. The van der Waals surface area contributed by atoms with Crippen molar-refractivity contribution in [2.45, 2.75) is 39.2 Å². The standard InChI is InChI=1S/C14H18N2O/c1-9-3-4-11-7-13-14(16-10(2)15-13)8-12(11)5-6-17-9/h7-9H,3-6H2,1-2H3,(H,15,16). The average Bonchev–Trinajstić information content (AvgIpc) is 2.62. The monoisotopic (exact) mass is 230 g/mol. The van der Waals surface area contributed by atoms with Gasteiger partial charge in [-0.3, -0.25) is 0 Å². The number of rotatable bonds is 0. The number of aryl methyl sites for hydroxylation is 2. The van der Waals surface area contributed by atoms with Crippen molar-refractivity contribution in [2.24, 2.45) is 0 Å². The van der Waals surface area contributed by atoms with Crippen LogP contribution in [0.3, 0.4) is 0 Å². The average molecular weight is 230 g/mol. The summed E-state index contributed by atoms with van der Waals surface area (Å²) >= 11 is 0. The van der Waals surface area contributed by atoms with Crippen molar-refractivity contribution in [2.75, 3.05) is 6.61 Å². The number of H-pyrrole nitrogens is 1. The van der Waals surface area contributed by atoms with E-state index in [1.807, 2.05) is 6.92 Å². The van der Waals surface area contributed by atoms with Crippen molar-refractivity contribution in [3.8, 4) is 0 Å². The predicted molar refractivity (Wildman–Crippen MR) is 68.3 cm³/mol. The maximum absolute atomic E-state index is 5.73. The molecule has 0 amide bonds. The number of aromatic nitrogens is 2. The Bertz CT molecular complexity index is 544. The van der Waals surface area contributed by atoms with Crippen LogP contribution in [0.25, 0.3) is 11.0 Å². The minimum Gasteiger partial charge on any atom is -0.378 e. The van der Waals surface area contributed by atoms with Gasteiger partial charge in [0.25, 0.3) is 0 Å². The number of nitrogens with one attached hydrogen (secondary N) is 1. The molecule has 2 aromatic rings. The largest absolute Gasteiger partial charge is 0.378 e. The molecule has 1 aromatic carbocycles. The molecule has 1 aromatic heterocycles. The maximum atomic E-state index is 5.73. The number of imidazole rings is 1. The Labute approximate surface area is 101 Å². The first kappa shape index (κ1) is 10.8. The van der Waals surface area contributed by atoms with Gasteiger partial charge in [-0.05, 0) is 56.4 Å². The normalized spacial score (nSPS) is 20.9. The molecule has 0 fully saturated rings. The third-order valence-electron chi connectivity index (χ3n) is 3.52. The number of hydrogen-bond acceptors (Lipinski definition) is 2. The summed E-state index contributed by atoms with van der Waals surface area (Å²) in [4.78, 5) is 7.81. The molecule has 1 aliphatic rings. The lowest BCUT2D eigenvalue weighted by Crippen LogP contribution is -2.16. The molecule has 0 saturated heterocycles. The van der Waals surface area contributed by atoms with Crippen LogP contribution in [0.1, 0.15) is 30.3 Å². The zero-order valence-corrected chi connectivity index (χ0v) is 10.4. The number of ether oxygens (including phenoxy) is 1. The smallest absolute Gasteiger partial charge is 0.104 e. The Balaban J connectivity index is 2.06. The number of fused-ring (bicyclic) bond motifs is 2. The van der Waals surface area contributed by atoms with Crippen LogP contribution in [-0.2, 0) is 17.6 Å². The van der Waals surface area contributed by atoms with Gasteiger partial charge in [0, 0.05) is 0 Å². The second kappa shape index (κ2) is 4.15. The Morgan fingerprint density at radius 3 is 3.00 bits per heavy atom. The van der Waals surface area contributed by atoms with E-state index in [1.54, 1.807) is 0 Å². The highest BCUT2D eigenvalue weighted by molar-refractivity contribution is 5.77. The summed E-state index contributed by atoms with van der Waals surface area (Å²) in [6.07, 6.45) is 3.58. The fourth-order valence-corrected chi connectivity index (χ4v) is 2.55. The molecule has 1 atom stereocenters. The van der Waals surface area contributed by atoms with Gasteiger partial charge in [0.2, 0.25) is 0 Å². The number of aromatic amines is 1. The molecule has 0 radical (unpaired) electrons. The molecule has 1 N–H and O–H groups in total. The zero-order valence-electron chi connectivity index (χ0n) is 10.4. The fraction of sp³-hybridized carbons (Fsp3) is 0.500. The minimum atomic E-state index is 0.377. The summed E-state index contributed by atoms with van der Waals surface area (Å²) in [5.41, 5.74) is 5.09. The van der Waals surface area contributed by atoms with Crippen molar-refractivity contribution in [1.29, 1.82) is 0 Å². The van der Waals surface area contributed by atoms with E-state index in [9.17, 15) is 0 Å². The maximum Gasteiger partial charge on any atom is 0.104 e. The quantitative estimate of drug-likeness (QED) is 0.755. The highest BCUT2D eigenvalue weighted by atomic mass is 16.5. The van der Waals surface area contributed by atoms with Gasteiger partial charge in [0.05, 0.1) is 23.7 Å². The molecule has 3 nitrogen and oxygen atoms in total. The molecule has 17 heavy (non-hydrogen) atoms. The lowest BCUT2D eigenvalue weighted by atomic mass is 9.97. The van der Waals surface area contributed by atoms with E-state index < -0.39 is 0 Å². The Morgan fingerprint density at radius 2 is 2.12 bits per heavy atom. The lowest BCUT2D eigenvalue weighted by Gasteiger charge is -2.19. The van der Waals surface area contributed by atoms with Crippen molar-refractivity contribution in [3.05, 3.63) is 29.1 Å². The molecular weight excluding hydrogens is 212 g/mol. The van der Waals surface area contributed by atoms with Crippen LogP contribution < -0.4 is 0 Å². The Hall–Kier alpha value is -1.35. The molecule has 2 heterocycles. The van der Waals surface area contributed by atoms with Crippen molar-refractivity contribution in [3.63, 3.8) is 0 Å². The summed E-state index contributed by atoms with van der Waals surface area (Å²) in [5, 5.41) is 0. The number of benzene rings is 1. The first-order chi connectivity index (χ1) is 8.22. The molecular formula is C14H18N2O. The number of nitrogens with zero attached hydrogens (tertiary/aromatic N) is 1. The molecule has 3 rings (SSSR count). The van der Waals surface area contributed by atoms with Crippen molar-refractivity contribution in [1.82, 2.24) is 9.97 Å². The predicted octanol–water partition coefficient (Wildman–Crippen LogP) is 2.77. The lowest BCUT2D eigenvalue weighted by molar-refractivity contribution is 0.0598. The van der Waals surface area contributed by atoms with E-state index in [0.717, 1.165) is 42.7 Å². The fourth-order valence-electron chi connectivity index (χ4n) is 2.55. The molecule has 0 bridgehead atoms. The summed E-state index contributed by atoms with van der Waals surface area (Å²) in [7, 11) is 0. The highest BCUT2D eigenvalue weighted by Gasteiger charge is 2.13. The summed E-state index contributed by atoms with van der Waals surface area (Å²) < 4.78 is 5.73. The summed E-state index contributed by atoms with van der Waals surface area (Å²) in [5.74, 6) is 0.989. The second-order valence-electron chi connectivity index (χ2n) is 4.93. The Kier molecular flexibility index (Phi) is 2.63. The van der Waals surface area contributed by atoms with Gasteiger partial charge in [-0.2, -0.15) is 0 Å². The van der Waals surface area contributed by atoms with Crippen LogP contribution in [0.4, 0.5) is 0 Å². The molecule has 0 aliphatic carbocycles. The van der Waals surface area contributed by atoms with Crippen LogP contribution >= 0.6 is 0 Å². The van der Waals surface area contributed by atoms with Gasteiger partial charge in [-0.15, -0.1) is 0 Å². The van der Waals surface area contributed by atoms with E-state index in [-0.39, 0.29) is 0 Å². The molecule has 1 aliphatic heterocycles. The van der Waals surface area contributed by atoms with Gasteiger partial charge in [-0.25, -0.2) is 4.98 Å². The van der Waals surface area contributed by atoms with E-state index >= 15 is 0 Å². The van der Waals surface area contributed by atoms with Gasteiger partial charge in [0.15, 0.2) is 0 Å². The van der Waals surface area contributed by atoms with Crippen LogP contribution in [-0.4, -0.2) is 22.7 Å². The van der Waals surface area contributed by atoms with Gasteiger partial charge in [0.1, 0.15) is 5.82 Å². The second-order valence-corrected chi connectivity index (χ2v) is 4.93.